The van der Waals surface area contributed by atoms with Gasteiger partial charge in [0.2, 0.25) is 0 Å². The second kappa shape index (κ2) is 5.56. The molecule has 2 aliphatic rings. The number of aliphatic imine (C=N–C) groups is 1. The zero-order chi connectivity index (χ0) is 9.80. The van der Waals surface area contributed by atoms with Gasteiger partial charge in [-0.05, 0) is 6.92 Å². The van der Waals surface area contributed by atoms with E-state index in [0.29, 0.717) is 6.04 Å². The molecule has 2 heterocycles. The number of nitrogens with one attached hydrogen (secondary N) is 1. The maximum Gasteiger partial charge on any atom is 0.156 e. The highest BCUT2D eigenvalue weighted by molar-refractivity contribution is 8.14. The van der Waals surface area contributed by atoms with Crippen molar-refractivity contribution >= 4 is 40.5 Å². The molecular formula is C9H16N2S3. The maximum absolute atomic E-state index is 4.63. The highest BCUT2D eigenvalue weighted by Gasteiger charge is 2.17. The molecule has 14 heavy (non-hydrogen) atoms. The lowest BCUT2D eigenvalue weighted by Crippen LogP contribution is -2.25. The summed E-state index contributed by atoms with van der Waals surface area (Å²) in [4.78, 5) is 4.63. The number of hydrogen-bond donors (Lipinski definition) is 1. The topological polar surface area (TPSA) is 24.4 Å². The van der Waals surface area contributed by atoms with Gasteiger partial charge >= 0.3 is 0 Å². The van der Waals surface area contributed by atoms with Gasteiger partial charge in [0.25, 0.3) is 0 Å². The van der Waals surface area contributed by atoms with Gasteiger partial charge in [-0.25, -0.2) is 0 Å². The molecular weight excluding hydrogens is 232 g/mol. The SMILES string of the molecule is CC1CSC(=NCC2CSCCS2)N1. The predicted octanol–water partition coefficient (Wildman–Crippen LogP) is 1.92. The molecule has 2 rings (SSSR count). The minimum atomic E-state index is 0.604. The molecule has 2 saturated heterocycles. The van der Waals surface area contributed by atoms with E-state index in [0.717, 1.165) is 17.0 Å². The Kier molecular flexibility index (Phi) is 4.38. The molecule has 0 spiro atoms. The lowest BCUT2D eigenvalue weighted by Gasteiger charge is -2.18. The van der Waals surface area contributed by atoms with Gasteiger partial charge in [-0.3, -0.25) is 4.99 Å². The summed E-state index contributed by atoms with van der Waals surface area (Å²) in [7, 11) is 0. The monoisotopic (exact) mass is 248 g/mol. The van der Waals surface area contributed by atoms with Gasteiger partial charge in [-0.2, -0.15) is 23.5 Å². The van der Waals surface area contributed by atoms with Gasteiger partial charge in [-0.1, -0.05) is 11.8 Å². The van der Waals surface area contributed by atoms with Crippen LogP contribution in [-0.2, 0) is 0 Å². The fraction of sp³-hybridized carbons (Fsp3) is 0.889. The number of rotatable bonds is 2. The first kappa shape index (κ1) is 11.0. The van der Waals surface area contributed by atoms with Crippen LogP contribution in [-0.4, -0.2) is 46.0 Å². The van der Waals surface area contributed by atoms with Crippen molar-refractivity contribution < 1.29 is 0 Å². The fourth-order valence-corrected chi connectivity index (χ4v) is 4.94. The Hall–Kier alpha value is 0.520. The molecule has 0 saturated carbocycles. The van der Waals surface area contributed by atoms with Crippen molar-refractivity contribution in [1.29, 1.82) is 0 Å². The third kappa shape index (κ3) is 3.28. The quantitative estimate of drug-likeness (QED) is 0.807. The number of amidine groups is 1. The molecule has 2 aliphatic heterocycles. The van der Waals surface area contributed by atoms with Crippen LogP contribution >= 0.6 is 35.3 Å². The van der Waals surface area contributed by atoms with E-state index in [2.05, 4.69) is 40.8 Å². The van der Waals surface area contributed by atoms with Gasteiger partial charge in [0, 0.05) is 34.3 Å². The molecule has 0 aromatic carbocycles. The van der Waals surface area contributed by atoms with Crippen LogP contribution in [0, 0.1) is 0 Å². The Morgan fingerprint density at radius 2 is 2.36 bits per heavy atom. The van der Waals surface area contributed by atoms with Crippen molar-refractivity contribution in [3.8, 4) is 0 Å². The van der Waals surface area contributed by atoms with E-state index < -0.39 is 0 Å². The fourth-order valence-electron chi connectivity index (χ4n) is 1.42. The van der Waals surface area contributed by atoms with Crippen LogP contribution in [0.25, 0.3) is 0 Å². The molecule has 0 aromatic rings. The molecule has 2 fully saturated rings. The van der Waals surface area contributed by atoms with Crippen molar-refractivity contribution in [3.63, 3.8) is 0 Å². The molecule has 0 aromatic heterocycles. The van der Waals surface area contributed by atoms with Gasteiger partial charge in [-0.15, -0.1) is 0 Å². The van der Waals surface area contributed by atoms with Crippen molar-refractivity contribution in [1.82, 2.24) is 5.32 Å². The Bertz CT molecular complexity index is 214. The molecule has 0 radical (unpaired) electrons. The third-order valence-corrected chi connectivity index (χ3v) is 6.18. The Morgan fingerprint density at radius 1 is 1.43 bits per heavy atom. The number of thioether (sulfide) groups is 3. The first-order chi connectivity index (χ1) is 6.84. The summed E-state index contributed by atoms with van der Waals surface area (Å²) in [5.41, 5.74) is 0. The summed E-state index contributed by atoms with van der Waals surface area (Å²) in [6.45, 7) is 3.21. The zero-order valence-electron chi connectivity index (χ0n) is 8.36. The Labute approximate surface area is 98.5 Å². The van der Waals surface area contributed by atoms with Crippen molar-refractivity contribution in [2.45, 2.75) is 18.2 Å². The Morgan fingerprint density at radius 3 is 3.00 bits per heavy atom. The molecule has 0 aliphatic carbocycles. The zero-order valence-corrected chi connectivity index (χ0v) is 10.8. The molecule has 2 atom stereocenters. The number of hydrogen-bond acceptors (Lipinski definition) is 4. The lowest BCUT2D eigenvalue weighted by atomic mass is 10.4. The van der Waals surface area contributed by atoms with E-state index in [1.54, 1.807) is 0 Å². The molecule has 5 heteroatoms. The summed E-state index contributed by atoms with van der Waals surface area (Å²) >= 11 is 6.01. The second-order valence-electron chi connectivity index (χ2n) is 3.57. The number of nitrogens with zero attached hydrogens (tertiary/aromatic N) is 1. The summed E-state index contributed by atoms with van der Waals surface area (Å²) in [5, 5.41) is 5.30. The minimum Gasteiger partial charge on any atom is -0.362 e. The summed E-state index contributed by atoms with van der Waals surface area (Å²) in [5.74, 6) is 5.08. The summed E-state index contributed by atoms with van der Waals surface area (Å²) < 4.78 is 0. The maximum atomic E-state index is 4.63. The summed E-state index contributed by atoms with van der Waals surface area (Å²) in [6, 6.07) is 0.604. The first-order valence-electron chi connectivity index (χ1n) is 4.98. The van der Waals surface area contributed by atoms with Crippen LogP contribution in [0.2, 0.25) is 0 Å². The molecule has 0 bridgehead atoms. The molecule has 1 N–H and O–H groups in total. The van der Waals surface area contributed by atoms with E-state index in [1.165, 1.54) is 23.0 Å². The lowest BCUT2D eigenvalue weighted by molar-refractivity contribution is 0.763. The highest BCUT2D eigenvalue weighted by Crippen LogP contribution is 2.24. The molecule has 0 amide bonds. The molecule has 80 valence electrons. The van der Waals surface area contributed by atoms with Crippen LogP contribution in [0.15, 0.2) is 4.99 Å². The van der Waals surface area contributed by atoms with E-state index in [-0.39, 0.29) is 0 Å². The normalized spacial score (nSPS) is 35.9. The Balaban J connectivity index is 1.74. The van der Waals surface area contributed by atoms with Crippen molar-refractivity contribution in [2.75, 3.05) is 29.6 Å². The van der Waals surface area contributed by atoms with Gasteiger partial charge in [0.15, 0.2) is 5.17 Å². The van der Waals surface area contributed by atoms with Crippen LogP contribution in [0.3, 0.4) is 0 Å². The van der Waals surface area contributed by atoms with Gasteiger partial charge < -0.3 is 5.32 Å². The minimum absolute atomic E-state index is 0.604. The van der Waals surface area contributed by atoms with Crippen LogP contribution < -0.4 is 5.32 Å². The van der Waals surface area contributed by atoms with Crippen LogP contribution in [0.1, 0.15) is 6.92 Å². The summed E-state index contributed by atoms with van der Waals surface area (Å²) in [6.07, 6.45) is 0. The van der Waals surface area contributed by atoms with E-state index in [1.807, 2.05) is 11.8 Å². The van der Waals surface area contributed by atoms with Crippen molar-refractivity contribution in [3.05, 3.63) is 0 Å². The molecule has 2 nitrogen and oxygen atoms in total. The largest absolute Gasteiger partial charge is 0.362 e. The average molecular weight is 248 g/mol. The average Bonchev–Trinajstić information content (AvgIpc) is 2.63. The standard InChI is InChI=1S/C9H16N2S3/c1-7-5-14-9(11-7)10-4-8-6-12-2-3-13-8/h7-8H,2-6H2,1H3,(H,10,11). The smallest absolute Gasteiger partial charge is 0.156 e. The third-order valence-electron chi connectivity index (χ3n) is 2.16. The van der Waals surface area contributed by atoms with Gasteiger partial charge in [0.05, 0.1) is 6.54 Å². The van der Waals surface area contributed by atoms with E-state index in [4.69, 9.17) is 0 Å². The van der Waals surface area contributed by atoms with E-state index >= 15 is 0 Å². The van der Waals surface area contributed by atoms with Crippen LogP contribution in [0.5, 0.6) is 0 Å². The predicted molar refractivity (Wildman–Crippen MR) is 70.9 cm³/mol. The molecule has 2 unspecified atom stereocenters. The van der Waals surface area contributed by atoms with Crippen LogP contribution in [0.4, 0.5) is 0 Å². The van der Waals surface area contributed by atoms with E-state index in [9.17, 15) is 0 Å². The van der Waals surface area contributed by atoms with Crippen molar-refractivity contribution in [2.24, 2.45) is 4.99 Å². The first-order valence-corrected chi connectivity index (χ1v) is 8.16. The van der Waals surface area contributed by atoms with Gasteiger partial charge in [0.1, 0.15) is 0 Å². The second-order valence-corrected chi connectivity index (χ2v) is 7.14. The highest BCUT2D eigenvalue weighted by atomic mass is 32.2.